The second kappa shape index (κ2) is 4.98. The topological polar surface area (TPSA) is 17.1 Å². The van der Waals surface area contributed by atoms with E-state index in [1.807, 2.05) is 0 Å². The number of terminal acetylenes is 1. The molecular formula is C21H28O. The molecule has 118 valence electrons. The summed E-state index contributed by atoms with van der Waals surface area (Å²) >= 11 is 0. The second-order valence-electron chi connectivity index (χ2n) is 8.74. The van der Waals surface area contributed by atoms with E-state index in [2.05, 4.69) is 25.8 Å². The maximum absolute atomic E-state index is 11.9. The lowest BCUT2D eigenvalue weighted by Gasteiger charge is -2.59. The maximum atomic E-state index is 11.9. The SMILES string of the molecule is C#CC1=CCC2C3CCC4CC(=O)CC[C@]4(C)C3C[C@@H](C)C12. The van der Waals surface area contributed by atoms with Crippen molar-refractivity contribution < 1.29 is 4.79 Å². The Labute approximate surface area is 134 Å². The van der Waals surface area contributed by atoms with E-state index < -0.39 is 0 Å². The minimum absolute atomic E-state index is 0.412. The van der Waals surface area contributed by atoms with Crippen LogP contribution in [0.2, 0.25) is 0 Å². The Bertz CT molecular complexity index is 565. The van der Waals surface area contributed by atoms with Gasteiger partial charge in [-0.05, 0) is 73.0 Å². The van der Waals surface area contributed by atoms with Gasteiger partial charge in [0.15, 0.2) is 0 Å². The van der Waals surface area contributed by atoms with Gasteiger partial charge in [-0.1, -0.05) is 25.8 Å². The van der Waals surface area contributed by atoms with E-state index in [9.17, 15) is 4.79 Å². The van der Waals surface area contributed by atoms with Crippen molar-refractivity contribution in [3.63, 3.8) is 0 Å². The van der Waals surface area contributed by atoms with Crippen LogP contribution in [-0.2, 0) is 4.79 Å². The molecule has 7 atom stereocenters. The van der Waals surface area contributed by atoms with Crippen LogP contribution < -0.4 is 0 Å². The maximum Gasteiger partial charge on any atom is 0.133 e. The first kappa shape index (κ1) is 14.6. The molecule has 0 heterocycles. The summed E-state index contributed by atoms with van der Waals surface area (Å²) in [5, 5.41) is 0. The van der Waals surface area contributed by atoms with Crippen LogP contribution in [0.25, 0.3) is 0 Å². The third-order valence-electron chi connectivity index (χ3n) is 7.95. The first-order chi connectivity index (χ1) is 10.5. The minimum atomic E-state index is 0.412. The van der Waals surface area contributed by atoms with Crippen molar-refractivity contribution >= 4 is 5.78 Å². The fourth-order valence-electron chi connectivity index (χ4n) is 6.83. The number of allylic oxidation sites excluding steroid dienone is 2. The van der Waals surface area contributed by atoms with E-state index in [4.69, 9.17) is 6.42 Å². The molecule has 0 aliphatic heterocycles. The molecule has 4 aliphatic rings. The average Bonchev–Trinajstić information content (AvgIpc) is 2.94. The Kier molecular flexibility index (Phi) is 3.30. The molecule has 1 nitrogen and oxygen atoms in total. The highest BCUT2D eigenvalue weighted by Gasteiger charge is 2.56. The quantitative estimate of drug-likeness (QED) is 0.596. The van der Waals surface area contributed by atoms with E-state index >= 15 is 0 Å². The predicted octanol–water partition coefficient (Wildman–Crippen LogP) is 4.62. The number of carbonyl (C=O) groups is 1. The van der Waals surface area contributed by atoms with Gasteiger partial charge < -0.3 is 0 Å². The van der Waals surface area contributed by atoms with Crippen molar-refractivity contribution in [3.05, 3.63) is 11.6 Å². The number of rotatable bonds is 0. The molecule has 0 spiro atoms. The first-order valence-corrected chi connectivity index (χ1v) is 9.23. The van der Waals surface area contributed by atoms with Gasteiger partial charge in [-0.3, -0.25) is 4.79 Å². The summed E-state index contributed by atoms with van der Waals surface area (Å²) in [6.45, 7) is 4.93. The highest BCUT2D eigenvalue weighted by atomic mass is 16.1. The molecule has 22 heavy (non-hydrogen) atoms. The molecule has 4 rings (SSSR count). The van der Waals surface area contributed by atoms with E-state index in [0.29, 0.717) is 29.0 Å². The third-order valence-corrected chi connectivity index (χ3v) is 7.95. The summed E-state index contributed by atoms with van der Waals surface area (Å²) in [6.07, 6.45) is 16.1. The van der Waals surface area contributed by atoms with Crippen LogP contribution in [0, 0.1) is 53.3 Å². The molecule has 3 saturated carbocycles. The number of hydrogen-bond donors (Lipinski definition) is 0. The Morgan fingerprint density at radius 3 is 2.91 bits per heavy atom. The predicted molar refractivity (Wildman–Crippen MR) is 89.0 cm³/mol. The molecule has 0 radical (unpaired) electrons. The zero-order valence-electron chi connectivity index (χ0n) is 14.0. The van der Waals surface area contributed by atoms with E-state index in [1.165, 1.54) is 31.3 Å². The standard InChI is InChI=1S/C21H28O/c1-4-14-5-7-18-17-8-6-15-12-16(22)9-10-21(15,3)19(17)11-13(2)20(14)18/h1,5,13,15,17-20H,6-12H2,2-3H3/t13-,15?,17?,18?,19?,20?,21+/m1/s1. The van der Waals surface area contributed by atoms with Crippen LogP contribution in [-0.4, -0.2) is 5.78 Å². The summed E-state index contributed by atoms with van der Waals surface area (Å²) in [6, 6.07) is 0. The fraction of sp³-hybridized carbons (Fsp3) is 0.762. The zero-order chi connectivity index (χ0) is 15.5. The van der Waals surface area contributed by atoms with Gasteiger partial charge >= 0.3 is 0 Å². The molecule has 1 heteroatoms. The van der Waals surface area contributed by atoms with Crippen LogP contribution in [0.15, 0.2) is 11.6 Å². The molecule has 4 aliphatic carbocycles. The molecule has 0 bridgehead atoms. The largest absolute Gasteiger partial charge is 0.300 e. The molecule has 0 saturated heterocycles. The molecule has 0 aromatic heterocycles. The lowest BCUT2D eigenvalue weighted by atomic mass is 9.45. The van der Waals surface area contributed by atoms with Crippen molar-refractivity contribution in [2.75, 3.05) is 0 Å². The van der Waals surface area contributed by atoms with Gasteiger partial charge in [0.2, 0.25) is 0 Å². The molecule has 0 aromatic carbocycles. The smallest absolute Gasteiger partial charge is 0.133 e. The summed E-state index contributed by atoms with van der Waals surface area (Å²) < 4.78 is 0. The molecular weight excluding hydrogens is 268 g/mol. The molecule has 3 fully saturated rings. The fourth-order valence-corrected chi connectivity index (χ4v) is 6.83. The van der Waals surface area contributed by atoms with Gasteiger partial charge in [0.25, 0.3) is 0 Å². The number of carbonyl (C=O) groups excluding carboxylic acids is 1. The van der Waals surface area contributed by atoms with Gasteiger partial charge in [-0.25, -0.2) is 0 Å². The monoisotopic (exact) mass is 296 g/mol. The molecule has 0 N–H and O–H groups in total. The van der Waals surface area contributed by atoms with Crippen LogP contribution in [0.3, 0.4) is 0 Å². The summed E-state index contributed by atoms with van der Waals surface area (Å²) in [7, 11) is 0. The van der Waals surface area contributed by atoms with Crippen molar-refractivity contribution in [2.45, 2.75) is 58.8 Å². The van der Waals surface area contributed by atoms with Gasteiger partial charge in [0, 0.05) is 18.4 Å². The Morgan fingerprint density at radius 1 is 1.32 bits per heavy atom. The van der Waals surface area contributed by atoms with E-state index in [0.717, 1.165) is 37.0 Å². The van der Waals surface area contributed by atoms with Gasteiger partial charge in [0.1, 0.15) is 5.78 Å². The van der Waals surface area contributed by atoms with E-state index in [-0.39, 0.29) is 0 Å². The minimum Gasteiger partial charge on any atom is -0.300 e. The summed E-state index contributed by atoms with van der Waals surface area (Å²) in [5.74, 6) is 7.96. The van der Waals surface area contributed by atoms with Crippen molar-refractivity contribution in [2.24, 2.45) is 40.9 Å². The highest BCUT2D eigenvalue weighted by molar-refractivity contribution is 5.79. The van der Waals surface area contributed by atoms with Gasteiger partial charge in [-0.15, -0.1) is 6.42 Å². The normalized spacial score (nSPS) is 50.4. The van der Waals surface area contributed by atoms with Crippen LogP contribution in [0.5, 0.6) is 0 Å². The summed E-state index contributed by atoms with van der Waals surface area (Å²) in [5.41, 5.74) is 1.71. The van der Waals surface area contributed by atoms with Crippen molar-refractivity contribution in [1.29, 1.82) is 0 Å². The van der Waals surface area contributed by atoms with Crippen molar-refractivity contribution in [3.8, 4) is 12.3 Å². The average molecular weight is 296 g/mol. The number of Topliss-reactive ketones (excluding diaryl/α,β-unsaturated/α-hetero) is 1. The van der Waals surface area contributed by atoms with Crippen molar-refractivity contribution in [1.82, 2.24) is 0 Å². The lowest BCUT2D eigenvalue weighted by Crippen LogP contribution is -2.52. The van der Waals surface area contributed by atoms with Crippen LogP contribution in [0.4, 0.5) is 0 Å². The van der Waals surface area contributed by atoms with Crippen LogP contribution in [0.1, 0.15) is 58.8 Å². The van der Waals surface area contributed by atoms with Gasteiger partial charge in [0.05, 0.1) is 0 Å². The zero-order valence-corrected chi connectivity index (χ0v) is 14.0. The first-order valence-electron chi connectivity index (χ1n) is 9.23. The number of ketones is 1. The Hall–Kier alpha value is -1.03. The molecule has 0 amide bonds. The van der Waals surface area contributed by atoms with E-state index in [1.54, 1.807) is 0 Å². The number of fused-ring (bicyclic) bond motifs is 5. The summed E-state index contributed by atoms with van der Waals surface area (Å²) in [4.78, 5) is 11.9. The molecule has 0 aromatic rings. The van der Waals surface area contributed by atoms with Crippen LogP contribution >= 0.6 is 0 Å². The second-order valence-corrected chi connectivity index (χ2v) is 8.74. The number of hydrogen-bond acceptors (Lipinski definition) is 1. The lowest BCUT2D eigenvalue weighted by molar-refractivity contribution is -0.136. The highest BCUT2D eigenvalue weighted by Crippen LogP contribution is 2.63. The third kappa shape index (κ3) is 1.89. The van der Waals surface area contributed by atoms with Gasteiger partial charge in [-0.2, -0.15) is 0 Å². The Balaban J connectivity index is 1.65. The Morgan fingerprint density at radius 2 is 2.14 bits per heavy atom. The molecule has 5 unspecified atom stereocenters.